The maximum Gasteiger partial charge on any atom is 0.309 e. The van der Waals surface area contributed by atoms with Crippen molar-refractivity contribution in [1.82, 2.24) is 0 Å². The third-order valence-corrected chi connectivity index (χ3v) is 7.13. The summed E-state index contributed by atoms with van der Waals surface area (Å²) in [7, 11) is 0. The van der Waals surface area contributed by atoms with E-state index in [1.807, 2.05) is 0 Å². The first kappa shape index (κ1) is 26.8. The van der Waals surface area contributed by atoms with Gasteiger partial charge in [-0.2, -0.15) is 0 Å². The van der Waals surface area contributed by atoms with Crippen LogP contribution in [0.25, 0.3) is 0 Å². The Hall–Kier alpha value is -1.40. The van der Waals surface area contributed by atoms with Crippen LogP contribution >= 0.6 is 0 Å². The van der Waals surface area contributed by atoms with Crippen LogP contribution in [-0.2, 0) is 19.1 Å². The van der Waals surface area contributed by atoms with Crippen LogP contribution in [0.5, 0.6) is 0 Å². The zero-order chi connectivity index (χ0) is 23.8. The summed E-state index contributed by atoms with van der Waals surface area (Å²) in [6.07, 6.45) is 16.7. The zero-order valence-corrected chi connectivity index (χ0v) is 20.5. The molecular weight excluding hydrogens is 408 g/mol. The van der Waals surface area contributed by atoms with Crippen molar-refractivity contribution < 1.29 is 29.3 Å². The van der Waals surface area contributed by atoms with Gasteiger partial charge in [-0.1, -0.05) is 37.8 Å². The summed E-state index contributed by atoms with van der Waals surface area (Å²) in [5.41, 5.74) is -1.29. The van der Waals surface area contributed by atoms with Gasteiger partial charge in [0.05, 0.1) is 35.2 Å². The second-order valence-corrected chi connectivity index (χ2v) is 11.0. The third-order valence-electron chi connectivity index (χ3n) is 7.13. The summed E-state index contributed by atoms with van der Waals surface area (Å²) in [5.74, 6) is -1.45. The van der Waals surface area contributed by atoms with Crippen molar-refractivity contribution in [3.8, 4) is 0 Å². The van der Waals surface area contributed by atoms with E-state index >= 15 is 0 Å². The molecule has 0 aromatic carbocycles. The lowest BCUT2D eigenvalue weighted by atomic mass is 9.87. The molecular formula is C26H44O6. The van der Waals surface area contributed by atoms with Crippen molar-refractivity contribution in [2.45, 2.75) is 129 Å². The Kier molecular flexibility index (Phi) is 10.2. The van der Waals surface area contributed by atoms with Crippen LogP contribution in [-0.4, -0.2) is 46.6 Å². The lowest BCUT2D eigenvalue weighted by Crippen LogP contribution is -2.23. The molecule has 2 rings (SSSR count). The number of aliphatic carboxylic acids is 2. The number of unbranched alkanes of at least 4 members (excludes halogenated alkanes) is 2. The highest BCUT2D eigenvalue weighted by atomic mass is 16.5. The van der Waals surface area contributed by atoms with Gasteiger partial charge in [-0.3, -0.25) is 9.59 Å². The van der Waals surface area contributed by atoms with Gasteiger partial charge in [0.1, 0.15) is 0 Å². The number of hydrogen-bond donors (Lipinski definition) is 2. The fourth-order valence-corrected chi connectivity index (χ4v) is 4.51. The number of ether oxygens (including phenoxy) is 2. The molecule has 0 aliphatic carbocycles. The maximum atomic E-state index is 11.2. The Balaban J connectivity index is 1.57. The second-order valence-electron chi connectivity index (χ2n) is 11.0. The smallest absolute Gasteiger partial charge is 0.309 e. The van der Waals surface area contributed by atoms with Gasteiger partial charge in [-0.05, 0) is 79.1 Å². The third kappa shape index (κ3) is 8.86. The minimum absolute atomic E-state index is 0.163. The van der Waals surface area contributed by atoms with E-state index in [-0.39, 0.29) is 24.4 Å². The standard InChI is InChI=1S/C26H44O6/c1-25(2,23(27)28)17-7-5-9-19-11-13-21(31-19)15-16-22-14-12-20(32-22)10-6-8-18-26(3,4)24(29)30/h15-16,19-22H,5-14,17-18H2,1-4H3,(H,27,28)(H,29,30)/b16-15-. The largest absolute Gasteiger partial charge is 0.481 e. The first-order chi connectivity index (χ1) is 15.0. The van der Waals surface area contributed by atoms with E-state index in [1.165, 1.54) is 0 Å². The van der Waals surface area contributed by atoms with Crippen molar-refractivity contribution >= 4 is 11.9 Å². The lowest BCUT2D eigenvalue weighted by Gasteiger charge is -2.19. The summed E-state index contributed by atoms with van der Waals surface area (Å²) < 4.78 is 12.3. The van der Waals surface area contributed by atoms with Gasteiger partial charge in [0.2, 0.25) is 0 Å². The van der Waals surface area contributed by atoms with Crippen molar-refractivity contribution in [3.05, 3.63) is 12.2 Å². The molecule has 0 aromatic heterocycles. The van der Waals surface area contributed by atoms with E-state index in [1.54, 1.807) is 27.7 Å². The van der Waals surface area contributed by atoms with E-state index in [0.717, 1.165) is 64.2 Å². The molecule has 184 valence electrons. The molecule has 4 unspecified atom stereocenters. The van der Waals surface area contributed by atoms with E-state index in [2.05, 4.69) is 12.2 Å². The summed E-state index contributed by atoms with van der Waals surface area (Å²) >= 11 is 0. The van der Waals surface area contributed by atoms with E-state index in [4.69, 9.17) is 9.47 Å². The molecule has 4 atom stereocenters. The molecule has 2 N–H and O–H groups in total. The van der Waals surface area contributed by atoms with Crippen LogP contribution in [0.3, 0.4) is 0 Å². The van der Waals surface area contributed by atoms with Crippen LogP contribution in [0.2, 0.25) is 0 Å². The van der Waals surface area contributed by atoms with Crippen LogP contribution in [0.4, 0.5) is 0 Å². The highest BCUT2D eigenvalue weighted by molar-refractivity contribution is 5.73. The van der Waals surface area contributed by atoms with Gasteiger partial charge in [0, 0.05) is 0 Å². The van der Waals surface area contributed by atoms with E-state index in [9.17, 15) is 19.8 Å². The molecule has 2 fully saturated rings. The van der Waals surface area contributed by atoms with Gasteiger partial charge < -0.3 is 19.7 Å². The molecule has 0 saturated carbocycles. The molecule has 0 bridgehead atoms. The van der Waals surface area contributed by atoms with Gasteiger partial charge in [-0.25, -0.2) is 0 Å². The Morgan fingerprint density at radius 3 is 1.44 bits per heavy atom. The zero-order valence-electron chi connectivity index (χ0n) is 20.5. The van der Waals surface area contributed by atoms with Crippen LogP contribution in [0.15, 0.2) is 12.2 Å². The average Bonchev–Trinajstić information content (AvgIpc) is 3.36. The molecule has 2 heterocycles. The molecule has 32 heavy (non-hydrogen) atoms. The normalized spacial score (nSPS) is 26.8. The molecule has 2 saturated heterocycles. The molecule has 0 aromatic rings. The summed E-state index contributed by atoms with van der Waals surface area (Å²) in [6, 6.07) is 0. The fraction of sp³-hybridized carbons (Fsp3) is 0.846. The number of carboxylic acids is 2. The van der Waals surface area contributed by atoms with Crippen molar-refractivity contribution in [1.29, 1.82) is 0 Å². The minimum atomic E-state index is -0.724. The number of carboxylic acid groups (broad SMARTS) is 2. The fourth-order valence-electron chi connectivity index (χ4n) is 4.51. The van der Waals surface area contributed by atoms with Gasteiger partial charge in [0.25, 0.3) is 0 Å². The predicted molar refractivity (Wildman–Crippen MR) is 125 cm³/mol. The summed E-state index contributed by atoms with van der Waals surface area (Å²) in [5, 5.41) is 18.4. The maximum absolute atomic E-state index is 11.2. The second kappa shape index (κ2) is 12.2. The highest BCUT2D eigenvalue weighted by Gasteiger charge is 2.29. The Morgan fingerprint density at radius 1 is 0.719 bits per heavy atom. The Morgan fingerprint density at radius 2 is 1.09 bits per heavy atom. The van der Waals surface area contributed by atoms with Crippen molar-refractivity contribution in [2.75, 3.05) is 0 Å². The number of rotatable bonds is 14. The minimum Gasteiger partial charge on any atom is -0.481 e. The molecule has 0 spiro atoms. The summed E-state index contributed by atoms with van der Waals surface area (Å²) in [4.78, 5) is 22.4. The topological polar surface area (TPSA) is 93.1 Å². The SMILES string of the molecule is CC(C)(CCCCC1CCC(/C=C\C2CCC(CCCCC(C)(C)C(=O)O)O2)O1)C(=O)O. The average molecular weight is 453 g/mol. The Labute approximate surface area is 193 Å². The van der Waals surface area contributed by atoms with Crippen molar-refractivity contribution in [2.24, 2.45) is 10.8 Å². The first-order valence-electron chi connectivity index (χ1n) is 12.5. The summed E-state index contributed by atoms with van der Waals surface area (Å²) in [6.45, 7) is 7.16. The van der Waals surface area contributed by atoms with Gasteiger partial charge >= 0.3 is 11.9 Å². The molecule has 2 aliphatic rings. The monoisotopic (exact) mass is 452 g/mol. The first-order valence-corrected chi connectivity index (χ1v) is 12.5. The van der Waals surface area contributed by atoms with Crippen molar-refractivity contribution in [3.63, 3.8) is 0 Å². The number of carbonyl (C=O) groups is 2. The number of hydrogen-bond acceptors (Lipinski definition) is 4. The van der Waals surface area contributed by atoms with E-state index in [0.29, 0.717) is 12.8 Å². The van der Waals surface area contributed by atoms with Crippen LogP contribution < -0.4 is 0 Å². The van der Waals surface area contributed by atoms with Crippen LogP contribution in [0.1, 0.15) is 105 Å². The highest BCUT2D eigenvalue weighted by Crippen LogP contribution is 2.30. The molecule has 6 heteroatoms. The quantitative estimate of drug-likeness (QED) is 0.249. The lowest BCUT2D eigenvalue weighted by molar-refractivity contribution is -0.148. The van der Waals surface area contributed by atoms with E-state index < -0.39 is 22.8 Å². The predicted octanol–water partition coefficient (Wildman–Crippen LogP) is 5.98. The molecule has 0 radical (unpaired) electrons. The molecule has 0 amide bonds. The van der Waals surface area contributed by atoms with Crippen LogP contribution in [0, 0.1) is 10.8 Å². The molecule has 6 nitrogen and oxygen atoms in total. The molecule has 2 aliphatic heterocycles. The Bertz CT molecular complexity index is 584. The van der Waals surface area contributed by atoms with Gasteiger partial charge in [-0.15, -0.1) is 0 Å². The van der Waals surface area contributed by atoms with Gasteiger partial charge in [0.15, 0.2) is 0 Å².